The molecule has 2 aromatic carbocycles. The van der Waals surface area contributed by atoms with Gasteiger partial charge in [-0.05, 0) is 13.0 Å². The van der Waals surface area contributed by atoms with E-state index < -0.39 is 6.23 Å². The third-order valence-corrected chi connectivity index (χ3v) is 3.35. The van der Waals surface area contributed by atoms with Gasteiger partial charge >= 0.3 is 0 Å². The van der Waals surface area contributed by atoms with Gasteiger partial charge < -0.3 is 15.2 Å². The average molecular weight is 267 g/mol. The highest BCUT2D eigenvalue weighted by molar-refractivity contribution is 5.97. The van der Waals surface area contributed by atoms with Crippen LogP contribution in [-0.2, 0) is 4.74 Å². The molecular weight excluding hydrogens is 250 g/mol. The lowest BCUT2D eigenvalue weighted by atomic mass is 10.0. The highest BCUT2D eigenvalue weighted by Gasteiger charge is 2.28. The molecule has 0 amide bonds. The van der Waals surface area contributed by atoms with E-state index in [4.69, 9.17) is 4.74 Å². The molecule has 2 N–H and O–H groups in total. The van der Waals surface area contributed by atoms with E-state index in [0.717, 1.165) is 28.1 Å². The summed E-state index contributed by atoms with van der Waals surface area (Å²) in [5.74, 6) is 0.734. The molecule has 0 aliphatic carbocycles. The number of ether oxygens (including phenoxy) is 1. The molecule has 3 rings (SSSR count). The molecule has 0 radical (unpaired) electrons. The summed E-state index contributed by atoms with van der Waals surface area (Å²) in [5.41, 5.74) is 3.70. The van der Waals surface area contributed by atoms with Crippen molar-refractivity contribution in [2.24, 2.45) is 0 Å². The van der Waals surface area contributed by atoms with Crippen LogP contribution < -0.4 is 5.32 Å². The molecule has 1 aliphatic heterocycles. The fourth-order valence-electron chi connectivity index (χ4n) is 2.51. The number of fused-ring (bicyclic) bond motifs is 1. The van der Waals surface area contributed by atoms with Crippen LogP contribution in [0.4, 0.5) is 5.69 Å². The smallest absolute Gasteiger partial charge is 0.155 e. The molecule has 1 unspecified atom stereocenters. The fraction of sp³-hybridized carbons (Fsp3) is 0.176. The number of rotatable bonds is 3. The summed E-state index contributed by atoms with van der Waals surface area (Å²) in [7, 11) is 0. The van der Waals surface area contributed by atoms with Gasteiger partial charge in [0.2, 0.25) is 0 Å². The maximum Gasteiger partial charge on any atom is 0.155 e. The maximum absolute atomic E-state index is 10.3. The van der Waals surface area contributed by atoms with Crippen molar-refractivity contribution in [2.45, 2.75) is 13.2 Å². The van der Waals surface area contributed by atoms with Gasteiger partial charge in [-0.3, -0.25) is 0 Å². The summed E-state index contributed by atoms with van der Waals surface area (Å²) in [5, 5.41) is 13.4. The molecule has 0 spiro atoms. The lowest BCUT2D eigenvalue weighted by molar-refractivity contribution is 0.256. The van der Waals surface area contributed by atoms with Crippen LogP contribution in [0.3, 0.4) is 0 Å². The molecule has 0 bridgehead atoms. The Morgan fingerprint density at radius 1 is 1.10 bits per heavy atom. The van der Waals surface area contributed by atoms with Gasteiger partial charge in [-0.15, -0.1) is 0 Å². The van der Waals surface area contributed by atoms with Crippen molar-refractivity contribution in [1.29, 1.82) is 0 Å². The lowest BCUT2D eigenvalue weighted by Crippen LogP contribution is -2.14. The van der Waals surface area contributed by atoms with E-state index in [9.17, 15) is 5.11 Å². The summed E-state index contributed by atoms with van der Waals surface area (Å²) in [4.78, 5) is 0. The molecule has 1 heterocycles. The zero-order chi connectivity index (χ0) is 13.9. The molecule has 20 heavy (non-hydrogen) atoms. The monoisotopic (exact) mass is 267 g/mol. The molecule has 3 nitrogen and oxygen atoms in total. The van der Waals surface area contributed by atoms with E-state index in [0.29, 0.717) is 6.61 Å². The Hall–Kier alpha value is -2.26. The Kier molecular flexibility index (Phi) is 3.44. The number of para-hydroxylation sites is 1. The zero-order valence-corrected chi connectivity index (χ0v) is 11.3. The Morgan fingerprint density at radius 2 is 1.80 bits per heavy atom. The van der Waals surface area contributed by atoms with Gasteiger partial charge in [0.25, 0.3) is 0 Å². The minimum Gasteiger partial charge on any atom is -0.493 e. The van der Waals surface area contributed by atoms with Crippen LogP contribution in [0.2, 0.25) is 0 Å². The molecule has 2 aromatic rings. The van der Waals surface area contributed by atoms with Crippen molar-refractivity contribution < 1.29 is 9.84 Å². The third-order valence-electron chi connectivity index (χ3n) is 3.35. The molecule has 0 fully saturated rings. The Bertz CT molecular complexity index is 634. The predicted molar refractivity (Wildman–Crippen MR) is 81.0 cm³/mol. The molecule has 3 heteroatoms. The molecule has 0 aromatic heterocycles. The van der Waals surface area contributed by atoms with Crippen molar-refractivity contribution in [1.82, 2.24) is 0 Å². The molecular formula is C17H17NO2. The van der Waals surface area contributed by atoms with E-state index in [1.54, 1.807) is 0 Å². The average Bonchev–Trinajstić information content (AvgIpc) is 2.82. The van der Waals surface area contributed by atoms with Gasteiger partial charge in [0.15, 0.2) is 6.23 Å². The van der Waals surface area contributed by atoms with Gasteiger partial charge in [0, 0.05) is 16.8 Å². The van der Waals surface area contributed by atoms with E-state index in [2.05, 4.69) is 5.32 Å². The summed E-state index contributed by atoms with van der Waals surface area (Å²) in [6.07, 6.45) is -0.742. The molecule has 0 saturated heterocycles. The molecule has 102 valence electrons. The van der Waals surface area contributed by atoms with Crippen molar-refractivity contribution in [2.75, 3.05) is 11.9 Å². The van der Waals surface area contributed by atoms with Crippen LogP contribution in [0.1, 0.15) is 18.1 Å². The Morgan fingerprint density at radius 3 is 2.55 bits per heavy atom. The normalized spacial score (nSPS) is 19.2. The zero-order valence-electron chi connectivity index (χ0n) is 11.3. The first kappa shape index (κ1) is 12.8. The quantitative estimate of drug-likeness (QED) is 0.838. The highest BCUT2D eigenvalue weighted by atomic mass is 16.5. The molecule has 1 atom stereocenters. The number of hydrogen-bond donors (Lipinski definition) is 2. The Labute approximate surface area is 118 Å². The second-order valence-electron chi connectivity index (χ2n) is 4.63. The van der Waals surface area contributed by atoms with E-state index in [1.807, 2.05) is 61.5 Å². The van der Waals surface area contributed by atoms with Crippen LogP contribution in [0, 0.1) is 0 Å². The van der Waals surface area contributed by atoms with E-state index >= 15 is 0 Å². The standard InChI is InChI=1S/C17H17NO2/c1-2-20-16(12-8-4-3-5-9-12)15-13-10-6-7-11-14(13)18-17(15)19/h3-11,17-19H,2H2,1H3/b16-15+. The van der Waals surface area contributed by atoms with Crippen LogP contribution in [0.25, 0.3) is 11.3 Å². The van der Waals surface area contributed by atoms with Gasteiger partial charge in [-0.1, -0.05) is 48.5 Å². The largest absolute Gasteiger partial charge is 0.493 e. The van der Waals surface area contributed by atoms with Crippen molar-refractivity contribution in [3.63, 3.8) is 0 Å². The number of benzene rings is 2. The van der Waals surface area contributed by atoms with Gasteiger partial charge in [-0.25, -0.2) is 0 Å². The summed E-state index contributed by atoms with van der Waals surface area (Å²) >= 11 is 0. The number of aliphatic hydroxyl groups is 1. The number of hydrogen-bond acceptors (Lipinski definition) is 3. The SMILES string of the molecule is CCO/C(=C1\c2ccccc2NC1O)c1ccccc1. The minimum atomic E-state index is -0.742. The minimum absolute atomic E-state index is 0.558. The molecule has 0 saturated carbocycles. The summed E-state index contributed by atoms with van der Waals surface area (Å²) in [6.45, 7) is 2.51. The number of anilines is 1. The highest BCUT2D eigenvalue weighted by Crippen LogP contribution is 2.39. The van der Waals surface area contributed by atoms with Crippen LogP contribution in [-0.4, -0.2) is 17.9 Å². The van der Waals surface area contributed by atoms with Crippen molar-refractivity contribution in [3.8, 4) is 0 Å². The summed E-state index contributed by atoms with van der Waals surface area (Å²) in [6, 6.07) is 17.8. The predicted octanol–water partition coefficient (Wildman–Crippen LogP) is 3.34. The second kappa shape index (κ2) is 5.39. The number of nitrogens with one attached hydrogen (secondary N) is 1. The van der Waals surface area contributed by atoms with Crippen LogP contribution in [0.15, 0.2) is 54.6 Å². The van der Waals surface area contributed by atoms with Crippen molar-refractivity contribution >= 4 is 17.0 Å². The first-order valence-corrected chi connectivity index (χ1v) is 6.77. The van der Waals surface area contributed by atoms with Gasteiger partial charge in [0.05, 0.1) is 12.2 Å². The van der Waals surface area contributed by atoms with Crippen LogP contribution >= 0.6 is 0 Å². The molecule has 1 aliphatic rings. The van der Waals surface area contributed by atoms with Gasteiger partial charge in [0.1, 0.15) is 5.76 Å². The van der Waals surface area contributed by atoms with Crippen LogP contribution in [0.5, 0.6) is 0 Å². The van der Waals surface area contributed by atoms with Gasteiger partial charge in [-0.2, -0.15) is 0 Å². The lowest BCUT2D eigenvalue weighted by Gasteiger charge is -2.15. The second-order valence-corrected chi connectivity index (χ2v) is 4.63. The maximum atomic E-state index is 10.3. The topological polar surface area (TPSA) is 41.5 Å². The van der Waals surface area contributed by atoms with Crippen molar-refractivity contribution in [3.05, 3.63) is 65.7 Å². The first-order chi connectivity index (χ1) is 9.81. The third kappa shape index (κ3) is 2.17. The van der Waals surface area contributed by atoms with E-state index in [-0.39, 0.29) is 0 Å². The summed E-state index contributed by atoms with van der Waals surface area (Å²) < 4.78 is 5.82. The Balaban J connectivity index is 2.18. The first-order valence-electron chi connectivity index (χ1n) is 6.77. The number of aliphatic hydroxyl groups excluding tert-OH is 1. The fourth-order valence-corrected chi connectivity index (χ4v) is 2.51. The van der Waals surface area contributed by atoms with E-state index in [1.165, 1.54) is 0 Å².